The van der Waals surface area contributed by atoms with E-state index in [1.807, 2.05) is 29.8 Å². The number of nitrogens with two attached hydrogens (primary N) is 1. The number of nitrogen functional groups attached to an aromatic ring is 1. The summed E-state index contributed by atoms with van der Waals surface area (Å²) in [4.78, 5) is 7.13. The number of imidazole rings is 1. The van der Waals surface area contributed by atoms with Gasteiger partial charge in [-0.3, -0.25) is 0 Å². The van der Waals surface area contributed by atoms with Crippen molar-refractivity contribution in [1.82, 2.24) is 9.55 Å². The molecule has 0 radical (unpaired) electrons. The highest BCUT2D eigenvalue weighted by Crippen LogP contribution is 2.40. The number of aromatic nitrogens is 2. The predicted molar refractivity (Wildman–Crippen MR) is 128 cm³/mol. The van der Waals surface area contributed by atoms with Crippen molar-refractivity contribution >= 4 is 50.2 Å². The van der Waals surface area contributed by atoms with Crippen LogP contribution in [0.15, 0.2) is 30.3 Å². The van der Waals surface area contributed by atoms with Gasteiger partial charge in [-0.05, 0) is 43.2 Å². The van der Waals surface area contributed by atoms with E-state index in [-0.39, 0.29) is 0 Å². The van der Waals surface area contributed by atoms with Gasteiger partial charge in [-0.1, -0.05) is 41.4 Å². The lowest BCUT2D eigenvalue weighted by molar-refractivity contribution is 0.346. The molecule has 0 fully saturated rings. The Labute approximate surface area is 185 Å². The maximum Gasteiger partial charge on any atom is 0.201 e. The Hall–Kier alpha value is -1.92. The molecule has 0 amide bonds. The molecule has 1 heterocycles. The molecule has 0 unspecified atom stereocenters. The van der Waals surface area contributed by atoms with E-state index in [0.717, 1.165) is 64.9 Å². The fourth-order valence-electron chi connectivity index (χ4n) is 3.67. The quantitative estimate of drug-likeness (QED) is 0.390. The molecule has 7 heteroatoms. The molecule has 0 bridgehead atoms. The summed E-state index contributed by atoms with van der Waals surface area (Å²) < 4.78 is 7.93. The Morgan fingerprint density at radius 1 is 1.14 bits per heavy atom. The van der Waals surface area contributed by atoms with E-state index in [1.165, 1.54) is 0 Å². The molecule has 5 nitrogen and oxygen atoms in total. The highest BCUT2D eigenvalue weighted by molar-refractivity contribution is 9.09. The zero-order valence-electron chi connectivity index (χ0n) is 17.2. The van der Waals surface area contributed by atoms with Crippen LogP contribution in [0.25, 0.3) is 22.2 Å². The lowest BCUT2D eigenvalue weighted by Gasteiger charge is -2.25. The van der Waals surface area contributed by atoms with E-state index in [4.69, 9.17) is 27.1 Å². The highest BCUT2D eigenvalue weighted by Gasteiger charge is 2.20. The summed E-state index contributed by atoms with van der Waals surface area (Å²) in [7, 11) is 1.97. The molecule has 3 rings (SSSR count). The fraction of sp³-hybridized carbons (Fsp3) is 0.409. The molecule has 0 aliphatic heterocycles. The van der Waals surface area contributed by atoms with Crippen LogP contribution in [0, 0.1) is 0 Å². The van der Waals surface area contributed by atoms with Crippen LogP contribution in [0.4, 0.5) is 11.6 Å². The van der Waals surface area contributed by atoms with E-state index in [1.54, 1.807) is 0 Å². The van der Waals surface area contributed by atoms with Gasteiger partial charge >= 0.3 is 0 Å². The summed E-state index contributed by atoms with van der Waals surface area (Å²) >= 11 is 9.65. The van der Waals surface area contributed by atoms with Gasteiger partial charge < -0.3 is 19.9 Å². The van der Waals surface area contributed by atoms with Gasteiger partial charge in [0.25, 0.3) is 0 Å². The highest BCUT2D eigenvalue weighted by atomic mass is 79.9. The molecule has 0 aliphatic rings. The third-order valence-corrected chi connectivity index (χ3v) is 5.49. The van der Waals surface area contributed by atoms with Crippen LogP contribution >= 0.6 is 27.5 Å². The molecule has 0 saturated heterocycles. The smallest absolute Gasteiger partial charge is 0.201 e. The van der Waals surface area contributed by atoms with E-state index in [2.05, 4.69) is 46.8 Å². The summed E-state index contributed by atoms with van der Waals surface area (Å²) in [6.07, 6.45) is 2.16. The first kappa shape index (κ1) is 21.8. The largest absolute Gasteiger partial charge is 0.492 e. The van der Waals surface area contributed by atoms with Crippen LogP contribution in [0.5, 0.6) is 5.75 Å². The second-order valence-corrected chi connectivity index (χ2v) is 8.25. The number of hydrogen-bond acceptors (Lipinski definition) is 4. The number of halogens is 2. The number of fused-ring (bicyclic) bond motifs is 1. The minimum Gasteiger partial charge on any atom is -0.492 e. The molecule has 29 heavy (non-hydrogen) atoms. The lowest BCUT2D eigenvalue weighted by atomic mass is 10.0. The topological polar surface area (TPSA) is 56.3 Å². The first-order chi connectivity index (χ1) is 14.0. The van der Waals surface area contributed by atoms with Gasteiger partial charge in [-0.15, -0.1) is 0 Å². The predicted octanol–water partition coefficient (Wildman–Crippen LogP) is 5.88. The molecule has 1 aromatic heterocycles. The first-order valence-corrected chi connectivity index (χ1v) is 11.5. The number of alkyl halides is 1. The Kier molecular flexibility index (Phi) is 7.30. The molecule has 2 N–H and O–H groups in total. The second kappa shape index (κ2) is 9.72. The standard InChI is InChI=1S/C22H28BrClN4O/c1-4-11-28(12-5-2)18-9-8-17(20-21(18)27(3)22(25)26-20)16-7-6-15(24)14-19(16)29-13-10-23/h6-9,14H,4-5,10-13H2,1-3H3,(H2,25,26). The van der Waals surface area contributed by atoms with E-state index < -0.39 is 0 Å². The number of anilines is 2. The Morgan fingerprint density at radius 2 is 1.83 bits per heavy atom. The van der Waals surface area contributed by atoms with Crippen LogP contribution < -0.4 is 15.4 Å². The molecule has 3 aromatic rings. The number of hydrogen-bond donors (Lipinski definition) is 1. The number of ether oxygens (including phenoxy) is 1. The molecule has 0 spiro atoms. The van der Waals surface area contributed by atoms with Crippen molar-refractivity contribution in [1.29, 1.82) is 0 Å². The van der Waals surface area contributed by atoms with Crippen molar-refractivity contribution in [3.8, 4) is 16.9 Å². The van der Waals surface area contributed by atoms with Gasteiger partial charge in [0, 0.05) is 41.6 Å². The zero-order valence-corrected chi connectivity index (χ0v) is 19.6. The van der Waals surface area contributed by atoms with Crippen LogP contribution in [-0.4, -0.2) is 34.6 Å². The van der Waals surface area contributed by atoms with Gasteiger partial charge in [0.2, 0.25) is 5.95 Å². The SMILES string of the molecule is CCCN(CCC)c1ccc(-c2ccc(Cl)cc2OCCBr)c2nc(N)n(C)c12. The Bertz CT molecular complexity index is 983. The van der Waals surface area contributed by atoms with Gasteiger partial charge in [0.1, 0.15) is 11.3 Å². The zero-order chi connectivity index (χ0) is 21.0. The molecule has 156 valence electrons. The fourth-order valence-corrected chi connectivity index (χ4v) is 3.99. The van der Waals surface area contributed by atoms with Crippen LogP contribution in [0.3, 0.4) is 0 Å². The van der Waals surface area contributed by atoms with Crippen molar-refractivity contribution in [3.05, 3.63) is 35.4 Å². The first-order valence-electron chi connectivity index (χ1n) is 10.00. The van der Waals surface area contributed by atoms with Crippen molar-refractivity contribution in [3.63, 3.8) is 0 Å². The Balaban J connectivity index is 2.22. The van der Waals surface area contributed by atoms with Gasteiger partial charge in [-0.25, -0.2) is 4.98 Å². The monoisotopic (exact) mass is 478 g/mol. The second-order valence-electron chi connectivity index (χ2n) is 7.02. The molecular weight excluding hydrogens is 452 g/mol. The van der Waals surface area contributed by atoms with Crippen LogP contribution in [-0.2, 0) is 7.05 Å². The van der Waals surface area contributed by atoms with E-state index in [0.29, 0.717) is 17.6 Å². The van der Waals surface area contributed by atoms with Gasteiger partial charge in [0.05, 0.1) is 17.8 Å². The lowest BCUT2D eigenvalue weighted by Crippen LogP contribution is -2.25. The van der Waals surface area contributed by atoms with Gasteiger partial charge in [-0.2, -0.15) is 0 Å². The van der Waals surface area contributed by atoms with Crippen molar-refractivity contribution in [2.75, 3.05) is 35.7 Å². The molecule has 0 aliphatic carbocycles. The summed E-state index contributed by atoms with van der Waals surface area (Å²) in [5, 5.41) is 1.39. The number of nitrogens with zero attached hydrogens (tertiary/aromatic N) is 3. The Morgan fingerprint density at radius 3 is 2.48 bits per heavy atom. The summed E-state index contributed by atoms with van der Waals surface area (Å²) in [6, 6.07) is 10.0. The maximum atomic E-state index is 6.23. The van der Waals surface area contributed by atoms with E-state index in [9.17, 15) is 0 Å². The summed E-state index contributed by atoms with van der Waals surface area (Å²) in [5.41, 5.74) is 11.3. The molecular formula is C22H28BrClN4O. The number of aryl methyl sites for hydroxylation is 1. The number of benzene rings is 2. The van der Waals surface area contributed by atoms with Crippen LogP contribution in [0.2, 0.25) is 5.02 Å². The van der Waals surface area contributed by atoms with Crippen molar-refractivity contribution in [2.24, 2.45) is 7.05 Å². The third kappa shape index (κ3) is 4.48. The summed E-state index contributed by atoms with van der Waals surface area (Å²) in [6.45, 7) is 6.95. The average Bonchev–Trinajstić information content (AvgIpc) is 3.01. The minimum absolute atomic E-state index is 0.499. The van der Waals surface area contributed by atoms with Crippen molar-refractivity contribution in [2.45, 2.75) is 26.7 Å². The summed E-state index contributed by atoms with van der Waals surface area (Å²) in [5.74, 6) is 1.24. The van der Waals surface area contributed by atoms with Crippen molar-refractivity contribution < 1.29 is 4.74 Å². The molecule has 2 aromatic carbocycles. The third-order valence-electron chi connectivity index (χ3n) is 4.93. The van der Waals surface area contributed by atoms with E-state index >= 15 is 0 Å². The number of rotatable bonds is 9. The van der Waals surface area contributed by atoms with Crippen LogP contribution in [0.1, 0.15) is 26.7 Å². The van der Waals surface area contributed by atoms with Gasteiger partial charge in [0.15, 0.2) is 0 Å². The average molecular weight is 480 g/mol. The molecule has 0 saturated carbocycles. The maximum absolute atomic E-state index is 6.23. The minimum atomic E-state index is 0.499. The normalized spacial score (nSPS) is 11.2. The molecule has 0 atom stereocenters.